The van der Waals surface area contributed by atoms with Gasteiger partial charge in [0.05, 0.1) is 18.3 Å². The summed E-state index contributed by atoms with van der Waals surface area (Å²) in [7, 11) is 0. The van der Waals surface area contributed by atoms with Gasteiger partial charge in [0.25, 0.3) is 0 Å². The molecule has 2 aromatic rings. The standard InChI is InChI=1S/C15H19N3OS/c1-3-18(4-2)14-8-7-12(11-16-14)17-15(19)10-13-6-5-9-20-13/h5-9,11H,3-4,10H2,1-2H3,(H,17,19). The number of nitrogens with zero attached hydrogens (tertiary/aromatic N) is 2. The molecule has 0 saturated heterocycles. The van der Waals surface area contributed by atoms with Crippen molar-refractivity contribution in [2.45, 2.75) is 20.3 Å². The van der Waals surface area contributed by atoms with Gasteiger partial charge < -0.3 is 10.2 Å². The molecule has 0 aliphatic rings. The Kier molecular flexibility index (Phi) is 5.12. The predicted octanol–water partition coefficient (Wildman–Crippen LogP) is 3.17. The molecule has 0 saturated carbocycles. The first-order valence-electron chi connectivity index (χ1n) is 6.76. The van der Waals surface area contributed by atoms with Crippen LogP contribution in [-0.4, -0.2) is 24.0 Å². The summed E-state index contributed by atoms with van der Waals surface area (Å²) in [6.45, 7) is 6.05. The largest absolute Gasteiger partial charge is 0.357 e. The first-order chi connectivity index (χ1) is 9.72. The van der Waals surface area contributed by atoms with Crippen LogP contribution in [0.4, 0.5) is 11.5 Å². The Hall–Kier alpha value is -1.88. The molecular weight excluding hydrogens is 270 g/mol. The number of amides is 1. The summed E-state index contributed by atoms with van der Waals surface area (Å²) in [4.78, 5) is 19.5. The lowest BCUT2D eigenvalue weighted by Crippen LogP contribution is -2.23. The molecule has 106 valence electrons. The van der Waals surface area contributed by atoms with Crippen molar-refractivity contribution < 1.29 is 4.79 Å². The molecule has 2 rings (SSSR count). The van der Waals surface area contributed by atoms with Gasteiger partial charge in [0, 0.05) is 18.0 Å². The predicted molar refractivity (Wildman–Crippen MR) is 84.5 cm³/mol. The van der Waals surface area contributed by atoms with Crippen molar-refractivity contribution in [2.75, 3.05) is 23.3 Å². The summed E-state index contributed by atoms with van der Waals surface area (Å²) < 4.78 is 0. The van der Waals surface area contributed by atoms with Gasteiger partial charge in [-0.2, -0.15) is 0 Å². The van der Waals surface area contributed by atoms with Gasteiger partial charge in [-0.15, -0.1) is 11.3 Å². The SMILES string of the molecule is CCN(CC)c1ccc(NC(=O)Cc2cccs2)cn1. The number of carbonyl (C=O) groups excluding carboxylic acids is 1. The summed E-state index contributed by atoms with van der Waals surface area (Å²) in [5, 5.41) is 4.84. The third kappa shape index (κ3) is 3.81. The number of aromatic nitrogens is 1. The molecule has 0 spiro atoms. The molecule has 0 bridgehead atoms. The zero-order chi connectivity index (χ0) is 14.4. The van der Waals surface area contributed by atoms with E-state index in [1.807, 2.05) is 29.6 Å². The number of rotatable bonds is 6. The number of anilines is 2. The lowest BCUT2D eigenvalue weighted by atomic mass is 10.3. The fraction of sp³-hybridized carbons (Fsp3) is 0.333. The Balaban J connectivity index is 1.95. The first-order valence-corrected chi connectivity index (χ1v) is 7.64. The summed E-state index contributed by atoms with van der Waals surface area (Å²) in [6.07, 6.45) is 2.12. The average molecular weight is 289 g/mol. The number of carbonyl (C=O) groups is 1. The highest BCUT2D eigenvalue weighted by Gasteiger charge is 2.06. The van der Waals surface area contributed by atoms with Crippen molar-refractivity contribution in [1.29, 1.82) is 0 Å². The highest BCUT2D eigenvalue weighted by Crippen LogP contribution is 2.15. The third-order valence-electron chi connectivity index (χ3n) is 3.03. The molecule has 0 aliphatic heterocycles. The van der Waals surface area contributed by atoms with Crippen LogP contribution in [-0.2, 0) is 11.2 Å². The van der Waals surface area contributed by atoms with Crippen LogP contribution in [0.25, 0.3) is 0 Å². The molecule has 0 atom stereocenters. The van der Waals surface area contributed by atoms with Gasteiger partial charge >= 0.3 is 0 Å². The van der Waals surface area contributed by atoms with E-state index in [0.717, 1.165) is 29.5 Å². The Labute approximate surface area is 123 Å². The van der Waals surface area contributed by atoms with Crippen molar-refractivity contribution in [2.24, 2.45) is 0 Å². The van der Waals surface area contributed by atoms with E-state index in [-0.39, 0.29) is 5.91 Å². The van der Waals surface area contributed by atoms with E-state index < -0.39 is 0 Å². The Morgan fingerprint density at radius 2 is 2.10 bits per heavy atom. The summed E-state index contributed by atoms with van der Waals surface area (Å²) >= 11 is 1.59. The van der Waals surface area contributed by atoms with Crippen LogP contribution in [0.2, 0.25) is 0 Å². The molecule has 5 heteroatoms. The fourth-order valence-electron chi connectivity index (χ4n) is 1.97. The van der Waals surface area contributed by atoms with Crippen molar-refractivity contribution in [3.05, 3.63) is 40.7 Å². The van der Waals surface area contributed by atoms with Gasteiger partial charge in [0.2, 0.25) is 5.91 Å². The van der Waals surface area contributed by atoms with Crippen LogP contribution in [0, 0.1) is 0 Å². The van der Waals surface area contributed by atoms with E-state index >= 15 is 0 Å². The van der Waals surface area contributed by atoms with Crippen LogP contribution in [0.1, 0.15) is 18.7 Å². The van der Waals surface area contributed by atoms with Gasteiger partial charge in [0.15, 0.2) is 0 Å². The zero-order valence-corrected chi connectivity index (χ0v) is 12.6. The van der Waals surface area contributed by atoms with Gasteiger partial charge in [-0.25, -0.2) is 4.98 Å². The van der Waals surface area contributed by atoms with E-state index in [4.69, 9.17) is 0 Å². The normalized spacial score (nSPS) is 10.3. The van der Waals surface area contributed by atoms with Crippen LogP contribution in [0.3, 0.4) is 0 Å². The Morgan fingerprint density at radius 1 is 1.30 bits per heavy atom. The lowest BCUT2D eigenvalue weighted by molar-refractivity contribution is -0.115. The molecule has 0 fully saturated rings. The van der Waals surface area contributed by atoms with Crippen molar-refractivity contribution >= 4 is 28.7 Å². The monoisotopic (exact) mass is 289 g/mol. The van der Waals surface area contributed by atoms with Crippen LogP contribution in [0.5, 0.6) is 0 Å². The Bertz CT molecular complexity index is 533. The maximum Gasteiger partial charge on any atom is 0.229 e. The number of pyridine rings is 1. The number of hydrogen-bond donors (Lipinski definition) is 1. The third-order valence-corrected chi connectivity index (χ3v) is 3.91. The van der Waals surface area contributed by atoms with Crippen molar-refractivity contribution in [3.8, 4) is 0 Å². The molecule has 20 heavy (non-hydrogen) atoms. The average Bonchev–Trinajstić information content (AvgIpc) is 2.94. The number of thiophene rings is 1. The Morgan fingerprint density at radius 3 is 2.65 bits per heavy atom. The molecule has 0 unspecified atom stereocenters. The highest BCUT2D eigenvalue weighted by atomic mass is 32.1. The zero-order valence-electron chi connectivity index (χ0n) is 11.8. The molecule has 0 radical (unpaired) electrons. The molecule has 0 aliphatic carbocycles. The highest BCUT2D eigenvalue weighted by molar-refractivity contribution is 7.10. The molecule has 4 nitrogen and oxygen atoms in total. The maximum atomic E-state index is 11.9. The second kappa shape index (κ2) is 7.05. The molecule has 1 N–H and O–H groups in total. The van der Waals surface area contributed by atoms with E-state index in [1.54, 1.807) is 17.5 Å². The maximum absolute atomic E-state index is 11.9. The van der Waals surface area contributed by atoms with Crippen LogP contribution in [0.15, 0.2) is 35.8 Å². The molecular formula is C15H19N3OS. The smallest absolute Gasteiger partial charge is 0.229 e. The van der Waals surface area contributed by atoms with Gasteiger partial charge in [-0.05, 0) is 37.4 Å². The van der Waals surface area contributed by atoms with E-state index in [0.29, 0.717) is 6.42 Å². The van der Waals surface area contributed by atoms with Crippen molar-refractivity contribution in [1.82, 2.24) is 4.98 Å². The quantitative estimate of drug-likeness (QED) is 0.888. The van der Waals surface area contributed by atoms with Crippen LogP contribution < -0.4 is 10.2 Å². The minimum absolute atomic E-state index is 0.00941. The van der Waals surface area contributed by atoms with E-state index in [9.17, 15) is 4.79 Å². The summed E-state index contributed by atoms with van der Waals surface area (Å²) in [5.74, 6) is 0.927. The van der Waals surface area contributed by atoms with Gasteiger partial charge in [-0.3, -0.25) is 4.79 Å². The summed E-state index contributed by atoms with van der Waals surface area (Å²) in [6, 6.07) is 7.75. The van der Waals surface area contributed by atoms with Gasteiger partial charge in [0.1, 0.15) is 5.82 Å². The number of hydrogen-bond acceptors (Lipinski definition) is 4. The minimum atomic E-state index is -0.00941. The minimum Gasteiger partial charge on any atom is -0.357 e. The molecule has 2 aromatic heterocycles. The van der Waals surface area contributed by atoms with Crippen molar-refractivity contribution in [3.63, 3.8) is 0 Å². The van der Waals surface area contributed by atoms with E-state index in [2.05, 4.69) is 29.0 Å². The second-order valence-electron chi connectivity index (χ2n) is 4.38. The number of nitrogens with one attached hydrogen (secondary N) is 1. The summed E-state index contributed by atoms with van der Waals surface area (Å²) in [5.41, 5.74) is 0.738. The first kappa shape index (κ1) is 14.5. The molecule has 2 heterocycles. The molecule has 1 amide bonds. The molecule has 0 aromatic carbocycles. The van der Waals surface area contributed by atoms with Gasteiger partial charge in [-0.1, -0.05) is 6.07 Å². The topological polar surface area (TPSA) is 45.2 Å². The second-order valence-corrected chi connectivity index (χ2v) is 5.41. The van der Waals surface area contributed by atoms with Crippen LogP contribution >= 0.6 is 11.3 Å². The lowest BCUT2D eigenvalue weighted by Gasteiger charge is -2.19. The van der Waals surface area contributed by atoms with E-state index in [1.165, 1.54) is 0 Å². The fourth-order valence-corrected chi connectivity index (χ4v) is 2.67.